The Morgan fingerprint density at radius 3 is 2.44 bits per heavy atom. The van der Waals surface area contributed by atoms with Gasteiger partial charge in [0.05, 0.1) is 5.56 Å². The summed E-state index contributed by atoms with van der Waals surface area (Å²) in [4.78, 5) is 11.0. The Kier molecular flexibility index (Phi) is 3.93. The average molecular weight is 221 g/mol. The molecule has 16 heavy (non-hydrogen) atoms. The quantitative estimate of drug-likeness (QED) is 0.821. The van der Waals surface area contributed by atoms with Crippen LogP contribution in [0.15, 0.2) is 18.2 Å². The second-order valence-electron chi connectivity index (χ2n) is 4.46. The number of anilines is 1. The van der Waals surface area contributed by atoms with Gasteiger partial charge < -0.3 is 10.4 Å². The number of aromatic carboxylic acids is 1. The number of hydrogen-bond donors (Lipinski definition) is 2. The molecule has 1 rings (SSSR count). The predicted molar refractivity (Wildman–Crippen MR) is 66.1 cm³/mol. The van der Waals surface area contributed by atoms with Gasteiger partial charge in [-0.05, 0) is 37.5 Å². The van der Waals surface area contributed by atoms with Crippen LogP contribution in [0.25, 0.3) is 0 Å². The van der Waals surface area contributed by atoms with Gasteiger partial charge in [0.15, 0.2) is 0 Å². The number of rotatable bonds is 4. The molecular formula is C13H19NO2. The van der Waals surface area contributed by atoms with E-state index < -0.39 is 5.97 Å². The van der Waals surface area contributed by atoms with Crippen molar-refractivity contribution in [3.8, 4) is 0 Å². The monoisotopic (exact) mass is 221 g/mol. The van der Waals surface area contributed by atoms with Gasteiger partial charge in [0.2, 0.25) is 0 Å². The summed E-state index contributed by atoms with van der Waals surface area (Å²) in [5.74, 6) is -0.369. The topological polar surface area (TPSA) is 49.3 Å². The van der Waals surface area contributed by atoms with Crippen molar-refractivity contribution < 1.29 is 9.90 Å². The molecule has 0 aliphatic carbocycles. The van der Waals surface area contributed by atoms with E-state index >= 15 is 0 Å². The molecule has 0 saturated carbocycles. The fourth-order valence-electron chi connectivity index (χ4n) is 1.44. The van der Waals surface area contributed by atoms with Gasteiger partial charge in [-0.15, -0.1) is 0 Å². The van der Waals surface area contributed by atoms with Crippen LogP contribution in [0.3, 0.4) is 0 Å². The highest BCUT2D eigenvalue weighted by Gasteiger charge is 2.12. The summed E-state index contributed by atoms with van der Waals surface area (Å²) in [6.07, 6.45) is 0. The zero-order valence-electron chi connectivity index (χ0n) is 10.2. The predicted octanol–water partition coefficient (Wildman–Crippen LogP) is 3.15. The first-order valence-corrected chi connectivity index (χ1v) is 5.53. The van der Waals surface area contributed by atoms with Gasteiger partial charge in [-0.2, -0.15) is 0 Å². The van der Waals surface area contributed by atoms with Crippen molar-refractivity contribution in [2.45, 2.75) is 33.7 Å². The standard InChI is InChI=1S/C13H19NO2/c1-8(2)10(4)14-12-7-5-6-11(9(12)3)13(15)16/h5-8,10,14H,1-4H3,(H,15,16)/t10-/m1/s1. The molecule has 2 N–H and O–H groups in total. The molecule has 1 aromatic rings. The van der Waals surface area contributed by atoms with Crippen LogP contribution >= 0.6 is 0 Å². The van der Waals surface area contributed by atoms with Crippen molar-refractivity contribution in [2.24, 2.45) is 5.92 Å². The molecule has 1 aromatic carbocycles. The maximum Gasteiger partial charge on any atom is 0.336 e. The minimum absolute atomic E-state index is 0.322. The molecule has 0 saturated heterocycles. The molecule has 1 atom stereocenters. The molecule has 0 fully saturated rings. The Bertz CT molecular complexity index is 386. The summed E-state index contributed by atoms with van der Waals surface area (Å²) in [6, 6.07) is 5.64. The van der Waals surface area contributed by atoms with Crippen molar-refractivity contribution in [3.05, 3.63) is 29.3 Å². The second-order valence-corrected chi connectivity index (χ2v) is 4.46. The van der Waals surface area contributed by atoms with Gasteiger partial charge >= 0.3 is 5.97 Å². The Labute approximate surface area is 96.5 Å². The molecule has 0 aliphatic heterocycles. The van der Waals surface area contributed by atoms with Gasteiger partial charge in [0.1, 0.15) is 0 Å². The second kappa shape index (κ2) is 5.01. The molecule has 0 heterocycles. The first kappa shape index (κ1) is 12.6. The van der Waals surface area contributed by atoms with E-state index in [9.17, 15) is 4.79 Å². The lowest BCUT2D eigenvalue weighted by molar-refractivity contribution is 0.0696. The SMILES string of the molecule is Cc1c(N[C@H](C)C(C)C)cccc1C(=O)O. The summed E-state index contributed by atoms with van der Waals surface area (Å²) in [6.45, 7) is 8.19. The van der Waals surface area contributed by atoms with E-state index in [4.69, 9.17) is 5.11 Å². The fraction of sp³-hybridized carbons (Fsp3) is 0.462. The number of carboxylic acid groups (broad SMARTS) is 1. The van der Waals surface area contributed by atoms with E-state index in [1.165, 1.54) is 0 Å². The molecule has 0 aromatic heterocycles. The summed E-state index contributed by atoms with van der Waals surface area (Å²) >= 11 is 0. The largest absolute Gasteiger partial charge is 0.478 e. The van der Waals surface area contributed by atoms with E-state index in [-0.39, 0.29) is 0 Å². The third-order valence-corrected chi connectivity index (χ3v) is 2.95. The molecule has 0 spiro atoms. The zero-order valence-corrected chi connectivity index (χ0v) is 10.2. The van der Waals surface area contributed by atoms with Crippen LogP contribution in [0.5, 0.6) is 0 Å². The Balaban J connectivity index is 2.98. The van der Waals surface area contributed by atoms with E-state index in [2.05, 4.69) is 26.1 Å². The fourth-order valence-corrected chi connectivity index (χ4v) is 1.44. The normalized spacial score (nSPS) is 12.6. The molecule has 0 bridgehead atoms. The third-order valence-electron chi connectivity index (χ3n) is 2.95. The Morgan fingerprint density at radius 2 is 1.94 bits per heavy atom. The van der Waals surface area contributed by atoms with Crippen molar-refractivity contribution in [3.63, 3.8) is 0 Å². The molecule has 0 radical (unpaired) electrons. The number of nitrogens with one attached hydrogen (secondary N) is 1. The average Bonchev–Trinajstić information content (AvgIpc) is 2.20. The highest BCUT2D eigenvalue weighted by atomic mass is 16.4. The summed E-state index contributed by atoms with van der Waals surface area (Å²) in [7, 11) is 0. The zero-order chi connectivity index (χ0) is 12.3. The third kappa shape index (κ3) is 2.75. The maximum absolute atomic E-state index is 11.0. The van der Waals surface area contributed by atoms with Crippen molar-refractivity contribution in [2.75, 3.05) is 5.32 Å². The van der Waals surface area contributed by atoms with Gasteiger partial charge in [0, 0.05) is 11.7 Å². The lowest BCUT2D eigenvalue weighted by Crippen LogP contribution is -2.22. The van der Waals surface area contributed by atoms with Crippen molar-refractivity contribution in [1.82, 2.24) is 0 Å². The first-order valence-electron chi connectivity index (χ1n) is 5.53. The number of hydrogen-bond acceptors (Lipinski definition) is 2. The van der Waals surface area contributed by atoms with Crippen molar-refractivity contribution in [1.29, 1.82) is 0 Å². The van der Waals surface area contributed by atoms with Gasteiger partial charge in [0.25, 0.3) is 0 Å². The lowest BCUT2D eigenvalue weighted by atomic mass is 10.0. The van der Waals surface area contributed by atoms with Crippen molar-refractivity contribution >= 4 is 11.7 Å². The smallest absolute Gasteiger partial charge is 0.336 e. The molecule has 0 aliphatic rings. The summed E-state index contributed by atoms with van der Waals surface area (Å²) in [5, 5.41) is 12.3. The lowest BCUT2D eigenvalue weighted by Gasteiger charge is -2.20. The molecule has 0 unspecified atom stereocenters. The van der Waals surface area contributed by atoms with Crippen LogP contribution in [0.4, 0.5) is 5.69 Å². The molecular weight excluding hydrogens is 202 g/mol. The van der Waals surface area contributed by atoms with E-state index in [0.717, 1.165) is 11.3 Å². The summed E-state index contributed by atoms with van der Waals surface area (Å²) in [5.41, 5.74) is 2.06. The number of carboxylic acids is 1. The molecule has 88 valence electrons. The summed E-state index contributed by atoms with van der Waals surface area (Å²) < 4.78 is 0. The highest BCUT2D eigenvalue weighted by Crippen LogP contribution is 2.21. The van der Waals surface area contributed by atoms with Crippen LogP contribution in [0.1, 0.15) is 36.7 Å². The van der Waals surface area contributed by atoms with Crippen LogP contribution in [-0.2, 0) is 0 Å². The van der Waals surface area contributed by atoms with Crippen LogP contribution in [0, 0.1) is 12.8 Å². The van der Waals surface area contributed by atoms with Gasteiger partial charge in [-0.25, -0.2) is 4.79 Å². The maximum atomic E-state index is 11.0. The molecule has 0 amide bonds. The Morgan fingerprint density at radius 1 is 1.31 bits per heavy atom. The minimum atomic E-state index is -0.877. The van der Waals surface area contributed by atoms with E-state index in [0.29, 0.717) is 17.5 Å². The van der Waals surface area contributed by atoms with Gasteiger partial charge in [-0.3, -0.25) is 0 Å². The Hall–Kier alpha value is -1.51. The first-order chi connectivity index (χ1) is 7.43. The highest BCUT2D eigenvalue weighted by molar-refractivity contribution is 5.91. The van der Waals surface area contributed by atoms with E-state index in [1.54, 1.807) is 12.1 Å². The number of benzene rings is 1. The van der Waals surface area contributed by atoms with Crippen LogP contribution in [-0.4, -0.2) is 17.1 Å². The van der Waals surface area contributed by atoms with E-state index in [1.807, 2.05) is 13.0 Å². The molecule has 3 heteroatoms. The number of carbonyl (C=O) groups is 1. The minimum Gasteiger partial charge on any atom is -0.478 e. The van der Waals surface area contributed by atoms with Crippen LogP contribution < -0.4 is 5.32 Å². The van der Waals surface area contributed by atoms with Crippen LogP contribution in [0.2, 0.25) is 0 Å². The van der Waals surface area contributed by atoms with Gasteiger partial charge in [-0.1, -0.05) is 19.9 Å². The molecule has 3 nitrogen and oxygen atoms in total.